The summed E-state index contributed by atoms with van der Waals surface area (Å²) in [6.07, 6.45) is 1.01. The van der Waals surface area contributed by atoms with Crippen LogP contribution in [0.5, 0.6) is 0 Å². The molecule has 2 heterocycles. The van der Waals surface area contributed by atoms with Gasteiger partial charge in [-0.15, -0.1) is 0 Å². The molecule has 2 aromatic carbocycles. The number of hydrogen-bond donors (Lipinski definition) is 1. The number of benzene rings is 2. The lowest BCUT2D eigenvalue weighted by Crippen LogP contribution is -2.43. The van der Waals surface area contributed by atoms with E-state index in [2.05, 4.69) is 5.10 Å². The molecule has 0 spiro atoms. The lowest BCUT2D eigenvalue weighted by molar-refractivity contribution is -0.124. The van der Waals surface area contributed by atoms with E-state index in [0.29, 0.717) is 35.5 Å². The Bertz CT molecular complexity index is 1240. The Morgan fingerprint density at radius 3 is 2.43 bits per heavy atom. The molecular formula is C24H22FN3O2. The van der Waals surface area contributed by atoms with E-state index < -0.39 is 17.7 Å². The minimum absolute atomic E-state index is 0.00997. The van der Waals surface area contributed by atoms with Gasteiger partial charge in [0.1, 0.15) is 11.6 Å². The predicted molar refractivity (Wildman–Crippen MR) is 113 cm³/mol. The first-order valence-corrected chi connectivity index (χ1v) is 10.1. The molecule has 2 aliphatic rings. The van der Waals surface area contributed by atoms with Gasteiger partial charge in [0.25, 0.3) is 5.56 Å². The molecule has 1 fully saturated rings. The summed E-state index contributed by atoms with van der Waals surface area (Å²) in [5.41, 5.74) is 1.58. The molecule has 1 aliphatic carbocycles. The molecule has 3 aromatic rings. The summed E-state index contributed by atoms with van der Waals surface area (Å²) in [6, 6.07) is 15.6. The first kappa shape index (κ1) is 18.7. The van der Waals surface area contributed by atoms with Crippen LogP contribution >= 0.6 is 0 Å². The van der Waals surface area contributed by atoms with E-state index in [-0.39, 0.29) is 16.8 Å². The maximum Gasteiger partial charge on any atom is 0.277 e. The number of carbonyl (C=O) groups excluding carboxylic acids is 1. The maximum atomic E-state index is 14.9. The number of fused-ring (bicyclic) bond motifs is 2. The number of Topliss-reactive ketones (excluding diaryl/α,β-unsaturated/α-hetero) is 1. The Hall–Kier alpha value is -3.28. The number of nitrogens with one attached hydrogen (secondary N) is 1. The van der Waals surface area contributed by atoms with Crippen molar-refractivity contribution in [1.29, 1.82) is 0 Å². The molecule has 5 rings (SSSR count). The van der Waals surface area contributed by atoms with Crippen LogP contribution in [0.4, 0.5) is 10.2 Å². The van der Waals surface area contributed by atoms with Crippen LogP contribution in [0.1, 0.15) is 43.7 Å². The van der Waals surface area contributed by atoms with Crippen LogP contribution < -0.4 is 5.56 Å². The average Bonchev–Trinajstić information content (AvgIpc) is 3.03. The van der Waals surface area contributed by atoms with Crippen LogP contribution in [0.2, 0.25) is 0 Å². The first-order chi connectivity index (χ1) is 14.4. The molecule has 6 heteroatoms. The van der Waals surface area contributed by atoms with Gasteiger partial charge in [0.05, 0.1) is 17.2 Å². The van der Waals surface area contributed by atoms with Gasteiger partial charge in [-0.1, -0.05) is 50.2 Å². The fourth-order valence-corrected chi connectivity index (χ4v) is 4.85. The second-order valence-corrected chi connectivity index (χ2v) is 8.91. The predicted octanol–water partition coefficient (Wildman–Crippen LogP) is 4.53. The Balaban J connectivity index is 1.78. The summed E-state index contributed by atoms with van der Waals surface area (Å²) in [7, 11) is 0. The molecule has 152 valence electrons. The summed E-state index contributed by atoms with van der Waals surface area (Å²) in [6.45, 7) is 4.07. The molecule has 1 N–H and O–H groups in total. The van der Waals surface area contributed by atoms with Crippen molar-refractivity contribution in [3.05, 3.63) is 81.9 Å². The number of nitrogens with zero attached hydrogens (tertiary/aromatic N) is 2. The summed E-state index contributed by atoms with van der Waals surface area (Å²) < 4.78 is 16.3. The Labute approximate surface area is 173 Å². The summed E-state index contributed by atoms with van der Waals surface area (Å²) in [5.74, 6) is -1.30. The van der Waals surface area contributed by atoms with Crippen molar-refractivity contribution < 1.29 is 9.18 Å². The van der Waals surface area contributed by atoms with Crippen molar-refractivity contribution in [3.8, 4) is 5.69 Å². The van der Waals surface area contributed by atoms with Gasteiger partial charge >= 0.3 is 0 Å². The van der Waals surface area contributed by atoms with E-state index in [1.54, 1.807) is 18.2 Å². The molecule has 0 bridgehead atoms. The van der Waals surface area contributed by atoms with E-state index in [1.807, 2.05) is 44.2 Å². The number of para-hydroxylation sites is 1. The zero-order chi connectivity index (χ0) is 21.0. The third-order valence-corrected chi connectivity index (χ3v) is 6.08. The molecule has 2 atom stereocenters. The van der Waals surface area contributed by atoms with Crippen molar-refractivity contribution in [3.63, 3.8) is 0 Å². The highest BCUT2D eigenvalue weighted by Crippen LogP contribution is 2.47. The maximum absolute atomic E-state index is 14.9. The van der Waals surface area contributed by atoms with Gasteiger partial charge in [0.15, 0.2) is 5.82 Å². The molecule has 30 heavy (non-hydrogen) atoms. The van der Waals surface area contributed by atoms with Crippen LogP contribution in [0.3, 0.4) is 0 Å². The number of aliphatic imine (C=N–C) groups is 1. The number of carbonyl (C=O) groups is 1. The highest BCUT2D eigenvalue weighted by molar-refractivity contribution is 6.11. The minimum atomic E-state index is -0.689. The van der Waals surface area contributed by atoms with Gasteiger partial charge in [0, 0.05) is 18.1 Å². The van der Waals surface area contributed by atoms with Crippen molar-refractivity contribution >= 4 is 17.3 Å². The molecule has 0 radical (unpaired) electrons. The SMILES string of the molecule is CC1(C)CC(=O)C2C(=Nc3[nH]n(-c4ccccc4)c(=O)c3[C@H]2c2ccccc2F)C1. The second-order valence-electron chi connectivity index (χ2n) is 8.91. The van der Waals surface area contributed by atoms with Gasteiger partial charge in [-0.25, -0.2) is 14.1 Å². The fourth-order valence-electron chi connectivity index (χ4n) is 4.85. The van der Waals surface area contributed by atoms with Crippen molar-refractivity contribution in [2.24, 2.45) is 16.3 Å². The van der Waals surface area contributed by atoms with E-state index in [1.165, 1.54) is 10.7 Å². The normalized spacial score (nSPS) is 22.2. The van der Waals surface area contributed by atoms with E-state index in [0.717, 1.165) is 5.71 Å². The molecule has 1 saturated carbocycles. The van der Waals surface area contributed by atoms with E-state index >= 15 is 0 Å². The smallest absolute Gasteiger partial charge is 0.277 e. The number of rotatable bonds is 2. The number of hydrogen-bond acceptors (Lipinski definition) is 3. The minimum Gasteiger partial charge on any atom is -0.299 e. The van der Waals surface area contributed by atoms with Crippen molar-refractivity contribution in [2.75, 3.05) is 0 Å². The fraction of sp³-hybridized carbons (Fsp3) is 0.292. The second kappa shape index (κ2) is 6.62. The average molecular weight is 403 g/mol. The molecular weight excluding hydrogens is 381 g/mol. The Kier molecular flexibility index (Phi) is 4.13. The molecule has 1 unspecified atom stereocenters. The van der Waals surface area contributed by atoms with Gasteiger partial charge in [0.2, 0.25) is 0 Å². The number of halogens is 1. The Morgan fingerprint density at radius 1 is 1.00 bits per heavy atom. The monoisotopic (exact) mass is 403 g/mol. The largest absolute Gasteiger partial charge is 0.299 e. The number of aromatic amines is 1. The third kappa shape index (κ3) is 2.86. The van der Waals surface area contributed by atoms with Gasteiger partial charge in [-0.2, -0.15) is 0 Å². The van der Waals surface area contributed by atoms with Crippen LogP contribution in [-0.2, 0) is 4.79 Å². The van der Waals surface area contributed by atoms with E-state index in [9.17, 15) is 14.0 Å². The van der Waals surface area contributed by atoms with Crippen LogP contribution in [0.15, 0.2) is 64.4 Å². The highest BCUT2D eigenvalue weighted by atomic mass is 19.1. The van der Waals surface area contributed by atoms with Crippen LogP contribution in [-0.4, -0.2) is 21.3 Å². The molecule has 1 aromatic heterocycles. The number of H-pyrrole nitrogens is 1. The molecule has 5 nitrogen and oxygen atoms in total. The molecule has 0 amide bonds. The first-order valence-electron chi connectivity index (χ1n) is 10.1. The lowest BCUT2D eigenvalue weighted by Gasteiger charge is -2.39. The van der Waals surface area contributed by atoms with Crippen molar-refractivity contribution in [2.45, 2.75) is 32.6 Å². The summed E-state index contributed by atoms with van der Waals surface area (Å²) >= 11 is 0. The molecule has 1 aliphatic heterocycles. The van der Waals surface area contributed by atoms with Gasteiger partial charge in [-0.05, 0) is 35.6 Å². The quantitative estimate of drug-likeness (QED) is 0.683. The van der Waals surface area contributed by atoms with Crippen LogP contribution in [0, 0.1) is 17.2 Å². The zero-order valence-electron chi connectivity index (χ0n) is 16.9. The molecule has 0 saturated heterocycles. The number of ketones is 1. The summed E-state index contributed by atoms with van der Waals surface area (Å²) in [5, 5.41) is 3.10. The third-order valence-electron chi connectivity index (χ3n) is 6.08. The summed E-state index contributed by atoms with van der Waals surface area (Å²) in [4.78, 5) is 31.4. The van der Waals surface area contributed by atoms with Gasteiger partial charge < -0.3 is 0 Å². The number of aromatic nitrogens is 2. The van der Waals surface area contributed by atoms with Gasteiger partial charge in [-0.3, -0.25) is 14.7 Å². The van der Waals surface area contributed by atoms with Crippen molar-refractivity contribution in [1.82, 2.24) is 9.78 Å². The zero-order valence-corrected chi connectivity index (χ0v) is 16.9. The Morgan fingerprint density at radius 2 is 1.70 bits per heavy atom. The lowest BCUT2D eigenvalue weighted by atomic mass is 9.64. The highest BCUT2D eigenvalue weighted by Gasteiger charge is 2.48. The standard InChI is InChI=1S/C24H22FN3O2/c1-24(2)12-17-20(18(29)13-24)19(15-10-6-7-11-16(15)25)21-22(26-17)27-28(23(21)30)14-8-4-3-5-9-14/h3-11,19-20,27H,12-13H2,1-2H3/t19-,20?/m0/s1. The van der Waals surface area contributed by atoms with E-state index in [4.69, 9.17) is 4.99 Å². The van der Waals surface area contributed by atoms with Crippen LogP contribution in [0.25, 0.3) is 5.69 Å². The topological polar surface area (TPSA) is 67.2 Å².